The van der Waals surface area contributed by atoms with Crippen LogP contribution in [0, 0.1) is 0 Å². The van der Waals surface area contributed by atoms with Crippen LogP contribution in [-0.2, 0) is 6.18 Å². The maximum atomic E-state index is 12.4. The first kappa shape index (κ1) is 15.1. The molecule has 112 valence electrons. The third-order valence-electron chi connectivity index (χ3n) is 2.78. The van der Waals surface area contributed by atoms with Gasteiger partial charge in [-0.25, -0.2) is 0 Å². The van der Waals surface area contributed by atoms with Crippen molar-refractivity contribution in [2.75, 3.05) is 0 Å². The minimum Gasteiger partial charge on any atom is -0.503 e. The summed E-state index contributed by atoms with van der Waals surface area (Å²) in [5.41, 5.74) is -0.428. The standard InChI is InChI=1S/C14H13F3N2O2/c1-8(2)9-5-3-4-6-11(9)21-13-10(20)7-12(18-19-13)14(15,16)17/h3-8H,1-2H3,(H,18,20). The van der Waals surface area contributed by atoms with Gasteiger partial charge in [0.25, 0.3) is 5.88 Å². The summed E-state index contributed by atoms with van der Waals surface area (Å²) in [5, 5.41) is 15.9. The second-order valence-corrected chi connectivity index (χ2v) is 4.71. The van der Waals surface area contributed by atoms with Gasteiger partial charge in [0.1, 0.15) is 5.75 Å². The van der Waals surface area contributed by atoms with E-state index in [0.717, 1.165) is 5.56 Å². The van der Waals surface area contributed by atoms with Crippen molar-refractivity contribution in [2.24, 2.45) is 0 Å². The Labute approximate surface area is 119 Å². The third-order valence-corrected chi connectivity index (χ3v) is 2.78. The van der Waals surface area contributed by atoms with E-state index in [2.05, 4.69) is 10.2 Å². The van der Waals surface area contributed by atoms with E-state index in [0.29, 0.717) is 11.8 Å². The number of alkyl halides is 3. The zero-order valence-corrected chi connectivity index (χ0v) is 11.3. The van der Waals surface area contributed by atoms with Crippen LogP contribution in [0.1, 0.15) is 31.0 Å². The predicted molar refractivity (Wildman–Crippen MR) is 69.3 cm³/mol. The number of rotatable bonds is 3. The van der Waals surface area contributed by atoms with Gasteiger partial charge in [0.05, 0.1) is 0 Å². The summed E-state index contributed by atoms with van der Waals surface area (Å²) < 4.78 is 42.7. The molecule has 0 fully saturated rings. The molecule has 0 amide bonds. The molecule has 1 N–H and O–H groups in total. The van der Waals surface area contributed by atoms with Gasteiger partial charge in [0.2, 0.25) is 0 Å². The summed E-state index contributed by atoms with van der Waals surface area (Å²) in [6, 6.07) is 7.50. The van der Waals surface area contributed by atoms with E-state index in [1.54, 1.807) is 12.1 Å². The van der Waals surface area contributed by atoms with E-state index in [-0.39, 0.29) is 11.8 Å². The van der Waals surface area contributed by atoms with Gasteiger partial charge >= 0.3 is 6.18 Å². The average molecular weight is 298 g/mol. The molecule has 2 rings (SSSR count). The molecule has 1 heterocycles. The molecule has 0 bridgehead atoms. The van der Waals surface area contributed by atoms with Gasteiger partial charge in [0.15, 0.2) is 11.4 Å². The summed E-state index contributed by atoms with van der Waals surface area (Å²) in [5.74, 6) is -0.519. The van der Waals surface area contributed by atoms with Crippen molar-refractivity contribution in [1.29, 1.82) is 0 Å². The van der Waals surface area contributed by atoms with Gasteiger partial charge in [-0.1, -0.05) is 32.0 Å². The molecule has 0 aliphatic heterocycles. The van der Waals surface area contributed by atoms with Gasteiger partial charge in [0, 0.05) is 6.07 Å². The lowest BCUT2D eigenvalue weighted by Crippen LogP contribution is -2.09. The molecule has 21 heavy (non-hydrogen) atoms. The SMILES string of the molecule is CC(C)c1ccccc1Oc1nnc(C(F)(F)F)cc1O. The van der Waals surface area contributed by atoms with Crippen LogP contribution >= 0.6 is 0 Å². The highest BCUT2D eigenvalue weighted by Gasteiger charge is 2.34. The molecule has 0 radical (unpaired) electrons. The number of ether oxygens (including phenoxy) is 1. The highest BCUT2D eigenvalue weighted by Crippen LogP contribution is 2.36. The van der Waals surface area contributed by atoms with Crippen LogP contribution < -0.4 is 4.74 Å². The fourth-order valence-electron chi connectivity index (χ4n) is 1.74. The van der Waals surface area contributed by atoms with Gasteiger partial charge in [-0.2, -0.15) is 13.2 Å². The number of hydrogen-bond acceptors (Lipinski definition) is 4. The number of benzene rings is 1. The van der Waals surface area contributed by atoms with Crippen LogP contribution in [0.3, 0.4) is 0 Å². The van der Waals surface area contributed by atoms with Crippen molar-refractivity contribution in [1.82, 2.24) is 10.2 Å². The number of para-hydroxylation sites is 1. The number of halogens is 3. The molecule has 2 aromatic rings. The highest BCUT2D eigenvalue weighted by molar-refractivity contribution is 5.41. The Hall–Kier alpha value is -2.31. The highest BCUT2D eigenvalue weighted by atomic mass is 19.4. The van der Waals surface area contributed by atoms with Crippen molar-refractivity contribution in [3.8, 4) is 17.4 Å². The average Bonchev–Trinajstić information content (AvgIpc) is 2.40. The Morgan fingerprint density at radius 1 is 1.14 bits per heavy atom. The quantitative estimate of drug-likeness (QED) is 0.926. The predicted octanol–water partition coefficient (Wildman–Crippen LogP) is 4.12. The molecule has 0 atom stereocenters. The first-order valence-corrected chi connectivity index (χ1v) is 6.19. The van der Waals surface area contributed by atoms with Crippen LogP contribution in [0.4, 0.5) is 13.2 Å². The van der Waals surface area contributed by atoms with Crippen molar-refractivity contribution in [3.63, 3.8) is 0 Å². The van der Waals surface area contributed by atoms with Crippen molar-refractivity contribution >= 4 is 0 Å². The smallest absolute Gasteiger partial charge is 0.435 e. The second kappa shape index (κ2) is 5.59. The Balaban J connectivity index is 2.33. The summed E-state index contributed by atoms with van der Waals surface area (Å²) in [7, 11) is 0. The molecule has 7 heteroatoms. The molecule has 1 aromatic heterocycles. The van der Waals surface area contributed by atoms with Crippen LogP contribution in [0.15, 0.2) is 30.3 Å². The van der Waals surface area contributed by atoms with Crippen LogP contribution in [0.2, 0.25) is 0 Å². The zero-order chi connectivity index (χ0) is 15.6. The largest absolute Gasteiger partial charge is 0.503 e. The minimum absolute atomic E-state index is 0.144. The van der Waals surface area contributed by atoms with Crippen molar-refractivity contribution in [3.05, 3.63) is 41.6 Å². The van der Waals surface area contributed by atoms with Gasteiger partial charge < -0.3 is 9.84 Å². The summed E-state index contributed by atoms with van der Waals surface area (Å²) in [6.07, 6.45) is -4.67. The fourth-order valence-corrected chi connectivity index (χ4v) is 1.74. The van der Waals surface area contributed by atoms with E-state index in [1.165, 1.54) is 0 Å². The Kier molecular flexibility index (Phi) is 4.02. The van der Waals surface area contributed by atoms with Gasteiger partial charge in [-0.05, 0) is 17.5 Å². The molecule has 0 aliphatic rings. The zero-order valence-electron chi connectivity index (χ0n) is 11.3. The molecule has 0 spiro atoms. The lowest BCUT2D eigenvalue weighted by molar-refractivity contribution is -0.141. The Morgan fingerprint density at radius 2 is 1.81 bits per heavy atom. The topological polar surface area (TPSA) is 55.2 Å². The number of aromatic hydroxyl groups is 1. The molecule has 0 saturated carbocycles. The number of hydrogen-bond donors (Lipinski definition) is 1. The molecular weight excluding hydrogens is 285 g/mol. The van der Waals surface area contributed by atoms with Crippen LogP contribution in [0.5, 0.6) is 17.4 Å². The fraction of sp³-hybridized carbons (Fsp3) is 0.286. The molecule has 0 saturated heterocycles. The summed E-state index contributed by atoms with van der Waals surface area (Å²) in [6.45, 7) is 3.89. The third kappa shape index (κ3) is 3.42. The number of nitrogens with zero attached hydrogens (tertiary/aromatic N) is 2. The number of aromatic nitrogens is 2. The van der Waals surface area contributed by atoms with E-state index in [4.69, 9.17) is 4.74 Å². The molecule has 0 aliphatic carbocycles. The molecule has 4 nitrogen and oxygen atoms in total. The Bertz CT molecular complexity index is 642. The first-order valence-electron chi connectivity index (χ1n) is 6.19. The first-order chi connectivity index (χ1) is 9.79. The maximum absolute atomic E-state index is 12.4. The van der Waals surface area contributed by atoms with Gasteiger partial charge in [-0.15, -0.1) is 10.2 Å². The summed E-state index contributed by atoms with van der Waals surface area (Å²) in [4.78, 5) is 0. The van der Waals surface area contributed by atoms with Crippen LogP contribution in [0.25, 0.3) is 0 Å². The molecular formula is C14H13F3N2O2. The lowest BCUT2D eigenvalue weighted by atomic mass is 10.0. The Morgan fingerprint density at radius 3 is 2.38 bits per heavy atom. The normalized spacial score (nSPS) is 11.7. The van der Waals surface area contributed by atoms with Gasteiger partial charge in [-0.3, -0.25) is 0 Å². The van der Waals surface area contributed by atoms with Crippen LogP contribution in [-0.4, -0.2) is 15.3 Å². The summed E-state index contributed by atoms with van der Waals surface area (Å²) >= 11 is 0. The van der Waals surface area contributed by atoms with Crippen molar-refractivity contribution in [2.45, 2.75) is 25.9 Å². The molecule has 1 aromatic carbocycles. The van der Waals surface area contributed by atoms with E-state index in [1.807, 2.05) is 26.0 Å². The minimum atomic E-state index is -4.67. The van der Waals surface area contributed by atoms with E-state index in [9.17, 15) is 18.3 Å². The second-order valence-electron chi connectivity index (χ2n) is 4.71. The molecule has 0 unspecified atom stereocenters. The van der Waals surface area contributed by atoms with E-state index < -0.39 is 17.6 Å². The monoisotopic (exact) mass is 298 g/mol. The lowest BCUT2D eigenvalue weighted by Gasteiger charge is -2.13. The maximum Gasteiger partial charge on any atom is 0.435 e. The van der Waals surface area contributed by atoms with E-state index >= 15 is 0 Å². The van der Waals surface area contributed by atoms with Crippen molar-refractivity contribution < 1.29 is 23.0 Å².